The van der Waals surface area contributed by atoms with Crippen molar-refractivity contribution in [1.29, 1.82) is 0 Å². The van der Waals surface area contributed by atoms with Crippen molar-refractivity contribution in [2.24, 2.45) is 5.11 Å². The van der Waals surface area contributed by atoms with Crippen LogP contribution in [0.3, 0.4) is 0 Å². The van der Waals surface area contributed by atoms with Gasteiger partial charge in [0.2, 0.25) is 0 Å². The zero-order valence-corrected chi connectivity index (χ0v) is 8.90. The highest BCUT2D eigenvalue weighted by Crippen LogP contribution is 2.23. The number of aromatic nitrogens is 1. The molecule has 5 heteroatoms. The molecule has 0 atom stereocenters. The third kappa shape index (κ3) is 2.15. The molecule has 0 radical (unpaired) electrons. The minimum absolute atomic E-state index is 0.619. The predicted molar refractivity (Wildman–Crippen MR) is 61.1 cm³/mol. The van der Waals surface area contributed by atoms with Crippen LogP contribution in [0.2, 0.25) is 0 Å². The molecule has 0 unspecified atom stereocenters. The molecule has 1 heterocycles. The summed E-state index contributed by atoms with van der Waals surface area (Å²) in [5, 5.41) is 6.57. The van der Waals surface area contributed by atoms with Gasteiger partial charge in [0.05, 0.1) is 10.7 Å². The van der Waals surface area contributed by atoms with E-state index in [1.54, 1.807) is 23.5 Å². The van der Waals surface area contributed by atoms with Crippen LogP contribution in [0.4, 0.5) is 5.69 Å². The predicted octanol–water partition coefficient (Wildman–Crippen LogP) is 4.06. The molecule has 0 aliphatic heterocycles. The van der Waals surface area contributed by atoms with Gasteiger partial charge in [0.15, 0.2) is 0 Å². The van der Waals surface area contributed by atoms with Gasteiger partial charge < -0.3 is 0 Å². The largest absolute Gasteiger partial charge is 0.242 e. The number of benzene rings is 1. The quantitative estimate of drug-likeness (QED) is 0.424. The number of azide groups is 1. The molecule has 0 saturated carbocycles. The molecule has 1 aromatic heterocycles. The first-order valence-corrected chi connectivity index (χ1v) is 5.25. The molecule has 2 rings (SSSR count). The van der Waals surface area contributed by atoms with Crippen LogP contribution in [0, 0.1) is 6.92 Å². The van der Waals surface area contributed by atoms with Gasteiger partial charge in [-0.25, -0.2) is 4.98 Å². The lowest BCUT2D eigenvalue weighted by Gasteiger charge is -1.96. The summed E-state index contributed by atoms with van der Waals surface area (Å²) in [6.07, 6.45) is 0. The lowest BCUT2D eigenvalue weighted by Crippen LogP contribution is -1.76. The van der Waals surface area contributed by atoms with E-state index >= 15 is 0 Å². The molecule has 0 aliphatic rings. The van der Waals surface area contributed by atoms with Gasteiger partial charge in [0.25, 0.3) is 0 Å². The Labute approximate surface area is 90.8 Å². The van der Waals surface area contributed by atoms with E-state index in [4.69, 9.17) is 5.53 Å². The van der Waals surface area contributed by atoms with Gasteiger partial charge in [0.1, 0.15) is 0 Å². The van der Waals surface area contributed by atoms with E-state index in [2.05, 4.69) is 15.0 Å². The summed E-state index contributed by atoms with van der Waals surface area (Å²) in [5.41, 5.74) is 10.9. The van der Waals surface area contributed by atoms with E-state index in [-0.39, 0.29) is 0 Å². The molecule has 0 N–H and O–H groups in total. The van der Waals surface area contributed by atoms with Crippen LogP contribution in [0.15, 0.2) is 34.8 Å². The maximum Gasteiger partial charge on any atom is 0.0901 e. The third-order valence-corrected chi connectivity index (χ3v) is 2.72. The van der Waals surface area contributed by atoms with Crippen molar-refractivity contribution in [2.45, 2.75) is 6.92 Å². The molecular weight excluding hydrogens is 208 g/mol. The lowest BCUT2D eigenvalue weighted by molar-refractivity contribution is 1.30. The number of nitrogens with zero attached hydrogens (tertiary/aromatic N) is 4. The number of rotatable bonds is 2. The summed E-state index contributed by atoms with van der Waals surface area (Å²) in [5.74, 6) is 0. The Morgan fingerprint density at radius 1 is 1.33 bits per heavy atom. The van der Waals surface area contributed by atoms with Crippen molar-refractivity contribution in [2.75, 3.05) is 0 Å². The maximum atomic E-state index is 8.26. The number of hydrogen-bond donors (Lipinski definition) is 0. The van der Waals surface area contributed by atoms with Crippen molar-refractivity contribution < 1.29 is 0 Å². The molecule has 0 amide bonds. The molecule has 1 aromatic carbocycles. The highest BCUT2D eigenvalue weighted by atomic mass is 32.1. The van der Waals surface area contributed by atoms with E-state index in [9.17, 15) is 0 Å². The smallest absolute Gasteiger partial charge is 0.0901 e. The summed E-state index contributed by atoms with van der Waals surface area (Å²) in [4.78, 5) is 7.10. The fourth-order valence-corrected chi connectivity index (χ4v) is 1.87. The van der Waals surface area contributed by atoms with E-state index in [1.165, 1.54) is 0 Å². The van der Waals surface area contributed by atoms with Crippen LogP contribution in [0.5, 0.6) is 0 Å². The summed E-state index contributed by atoms with van der Waals surface area (Å²) < 4.78 is 0. The molecule has 4 nitrogen and oxygen atoms in total. The Morgan fingerprint density at radius 3 is 2.60 bits per heavy atom. The third-order valence-electron chi connectivity index (χ3n) is 1.94. The van der Waals surface area contributed by atoms with E-state index in [0.29, 0.717) is 5.69 Å². The number of aryl methyl sites for hydroxylation is 1. The Kier molecular flexibility index (Phi) is 2.67. The SMILES string of the molecule is Cc1nc(-c2ccc(N=[N+]=[N-])cc2)cs1. The van der Waals surface area contributed by atoms with Gasteiger partial charge in [-0.15, -0.1) is 11.3 Å². The summed E-state index contributed by atoms with van der Waals surface area (Å²) >= 11 is 1.62. The highest BCUT2D eigenvalue weighted by molar-refractivity contribution is 7.09. The minimum Gasteiger partial charge on any atom is -0.242 e. The zero-order chi connectivity index (χ0) is 10.7. The van der Waals surface area contributed by atoms with Gasteiger partial charge in [0, 0.05) is 21.5 Å². The lowest BCUT2D eigenvalue weighted by atomic mass is 10.1. The monoisotopic (exact) mass is 216 g/mol. The van der Waals surface area contributed by atoms with Crippen molar-refractivity contribution in [3.63, 3.8) is 0 Å². The Balaban J connectivity index is 2.35. The van der Waals surface area contributed by atoms with Gasteiger partial charge in [-0.1, -0.05) is 29.4 Å². The average molecular weight is 216 g/mol. The van der Waals surface area contributed by atoms with Crippen molar-refractivity contribution in [3.05, 3.63) is 45.1 Å². The topological polar surface area (TPSA) is 61.7 Å². The molecule has 0 spiro atoms. The van der Waals surface area contributed by atoms with Crippen LogP contribution in [0.1, 0.15) is 5.01 Å². The summed E-state index contributed by atoms with van der Waals surface area (Å²) in [6, 6.07) is 7.37. The average Bonchev–Trinajstić information content (AvgIpc) is 2.67. The first-order valence-electron chi connectivity index (χ1n) is 4.37. The first kappa shape index (κ1) is 9.71. The Hall–Kier alpha value is -1.84. The van der Waals surface area contributed by atoms with Crippen molar-refractivity contribution in [1.82, 2.24) is 4.98 Å². The standard InChI is InChI=1S/C10H8N4S/c1-7-12-10(6-15-7)8-2-4-9(5-3-8)13-14-11/h2-6H,1H3. The zero-order valence-electron chi connectivity index (χ0n) is 8.08. The van der Waals surface area contributed by atoms with Crippen LogP contribution in [0.25, 0.3) is 21.7 Å². The van der Waals surface area contributed by atoms with Crippen LogP contribution in [-0.2, 0) is 0 Å². The summed E-state index contributed by atoms with van der Waals surface area (Å²) in [6.45, 7) is 1.97. The number of hydrogen-bond acceptors (Lipinski definition) is 3. The van der Waals surface area contributed by atoms with E-state index in [1.807, 2.05) is 24.4 Å². The molecule has 74 valence electrons. The molecule has 0 fully saturated rings. The summed E-state index contributed by atoms with van der Waals surface area (Å²) in [7, 11) is 0. The molecule has 2 aromatic rings. The molecule has 0 saturated heterocycles. The van der Waals surface area contributed by atoms with Gasteiger partial charge in [-0.05, 0) is 12.5 Å². The number of thiazole rings is 1. The second-order valence-electron chi connectivity index (χ2n) is 2.99. The van der Waals surface area contributed by atoms with Gasteiger partial charge >= 0.3 is 0 Å². The van der Waals surface area contributed by atoms with Crippen LogP contribution >= 0.6 is 11.3 Å². The first-order chi connectivity index (χ1) is 7.29. The highest BCUT2D eigenvalue weighted by Gasteiger charge is 2.00. The second-order valence-corrected chi connectivity index (χ2v) is 4.05. The minimum atomic E-state index is 0.619. The molecule has 15 heavy (non-hydrogen) atoms. The van der Waals surface area contributed by atoms with E-state index < -0.39 is 0 Å². The fourth-order valence-electron chi connectivity index (χ4n) is 1.25. The van der Waals surface area contributed by atoms with Crippen LogP contribution < -0.4 is 0 Å². The van der Waals surface area contributed by atoms with Gasteiger partial charge in [-0.3, -0.25) is 0 Å². The Morgan fingerprint density at radius 2 is 2.07 bits per heavy atom. The normalized spacial score (nSPS) is 9.67. The maximum absolute atomic E-state index is 8.26. The molecule has 0 bridgehead atoms. The van der Waals surface area contributed by atoms with Crippen LogP contribution in [-0.4, -0.2) is 4.98 Å². The van der Waals surface area contributed by atoms with Gasteiger partial charge in [-0.2, -0.15) is 0 Å². The molecular formula is C10H8N4S. The Bertz CT molecular complexity index is 508. The van der Waals surface area contributed by atoms with E-state index in [0.717, 1.165) is 16.3 Å². The molecule has 0 aliphatic carbocycles. The van der Waals surface area contributed by atoms with Crippen molar-refractivity contribution in [3.8, 4) is 11.3 Å². The second kappa shape index (κ2) is 4.13. The fraction of sp³-hybridized carbons (Fsp3) is 0.100. The van der Waals surface area contributed by atoms with Crippen molar-refractivity contribution >= 4 is 17.0 Å².